The van der Waals surface area contributed by atoms with Crippen molar-refractivity contribution >= 4 is 11.9 Å². The number of carbonyl (C=O) groups is 2. The number of hydrogen-bond acceptors (Lipinski definition) is 3. The summed E-state index contributed by atoms with van der Waals surface area (Å²) in [5.41, 5.74) is 0. The minimum absolute atomic E-state index is 0.0164. The Balaban J connectivity index is 1.82. The van der Waals surface area contributed by atoms with Crippen molar-refractivity contribution in [2.24, 2.45) is 17.8 Å². The summed E-state index contributed by atoms with van der Waals surface area (Å²) in [5, 5.41) is 2.61. The highest BCUT2D eigenvalue weighted by molar-refractivity contribution is 5.84. The molecule has 0 heterocycles. The largest absolute Gasteiger partial charge is 0.468 e. The first-order valence-electron chi connectivity index (χ1n) is 5.23. The lowest BCUT2D eigenvalue weighted by atomic mass is 9.93. The molecular formula is C11H15NO3. The van der Waals surface area contributed by atoms with Gasteiger partial charge in [0, 0.05) is 5.92 Å². The Hall–Kier alpha value is -1.32. The molecule has 1 fully saturated rings. The molecule has 3 atom stereocenters. The van der Waals surface area contributed by atoms with Gasteiger partial charge in [-0.1, -0.05) is 12.2 Å². The van der Waals surface area contributed by atoms with Gasteiger partial charge in [0.25, 0.3) is 0 Å². The molecule has 0 aromatic carbocycles. The molecule has 82 valence electrons. The summed E-state index contributed by atoms with van der Waals surface area (Å²) in [6.45, 7) is -0.0209. The quantitative estimate of drug-likeness (QED) is 0.543. The van der Waals surface area contributed by atoms with E-state index in [1.807, 2.05) is 0 Å². The first kappa shape index (κ1) is 10.2. The van der Waals surface area contributed by atoms with Crippen molar-refractivity contribution in [1.29, 1.82) is 0 Å². The number of nitrogens with one attached hydrogen (secondary N) is 1. The van der Waals surface area contributed by atoms with E-state index in [0.717, 1.165) is 12.8 Å². The fourth-order valence-electron chi connectivity index (χ4n) is 2.44. The normalized spacial score (nSPS) is 31.7. The second-order valence-electron chi connectivity index (χ2n) is 4.18. The van der Waals surface area contributed by atoms with Gasteiger partial charge in [0.1, 0.15) is 6.54 Å². The maximum atomic E-state index is 11.7. The number of hydrogen-bond donors (Lipinski definition) is 1. The minimum Gasteiger partial charge on any atom is -0.468 e. The maximum absolute atomic E-state index is 11.7. The smallest absolute Gasteiger partial charge is 0.325 e. The average Bonchev–Trinajstić information content (AvgIpc) is 2.86. The van der Waals surface area contributed by atoms with Crippen molar-refractivity contribution in [3.8, 4) is 0 Å². The summed E-state index contributed by atoms with van der Waals surface area (Å²) in [5.74, 6) is 0.598. The van der Waals surface area contributed by atoms with Gasteiger partial charge in [0.15, 0.2) is 0 Å². The zero-order chi connectivity index (χ0) is 10.8. The molecule has 4 heteroatoms. The van der Waals surface area contributed by atoms with Crippen LogP contribution < -0.4 is 5.32 Å². The number of methoxy groups -OCH3 is 1. The Morgan fingerprint density at radius 1 is 1.40 bits per heavy atom. The van der Waals surface area contributed by atoms with Gasteiger partial charge in [-0.2, -0.15) is 0 Å². The van der Waals surface area contributed by atoms with E-state index in [0.29, 0.717) is 11.8 Å². The summed E-state index contributed by atoms with van der Waals surface area (Å²) in [6.07, 6.45) is 6.33. The molecule has 2 bridgehead atoms. The van der Waals surface area contributed by atoms with Gasteiger partial charge < -0.3 is 10.1 Å². The number of rotatable bonds is 3. The van der Waals surface area contributed by atoms with Crippen LogP contribution in [-0.2, 0) is 14.3 Å². The third kappa shape index (κ3) is 2.03. The lowest BCUT2D eigenvalue weighted by Gasteiger charge is -2.16. The lowest BCUT2D eigenvalue weighted by Crippen LogP contribution is -2.36. The highest BCUT2D eigenvalue weighted by Gasteiger charge is 2.39. The van der Waals surface area contributed by atoms with E-state index in [9.17, 15) is 9.59 Å². The van der Waals surface area contributed by atoms with Crippen LogP contribution >= 0.6 is 0 Å². The zero-order valence-corrected chi connectivity index (χ0v) is 8.73. The fraction of sp³-hybridized carbons (Fsp3) is 0.636. The van der Waals surface area contributed by atoms with Gasteiger partial charge in [-0.25, -0.2) is 0 Å². The molecule has 0 radical (unpaired) electrons. The number of ether oxygens (including phenoxy) is 1. The van der Waals surface area contributed by atoms with Gasteiger partial charge in [0.05, 0.1) is 7.11 Å². The molecule has 1 N–H and O–H groups in total. The number of carbonyl (C=O) groups excluding carboxylic acids is 2. The van der Waals surface area contributed by atoms with Crippen LogP contribution in [0, 0.1) is 17.8 Å². The van der Waals surface area contributed by atoms with Crippen LogP contribution in [-0.4, -0.2) is 25.5 Å². The Bertz CT molecular complexity index is 311. The fourth-order valence-corrected chi connectivity index (χ4v) is 2.44. The van der Waals surface area contributed by atoms with Crippen LogP contribution in [0.15, 0.2) is 12.2 Å². The third-order valence-corrected chi connectivity index (χ3v) is 3.25. The Kier molecular flexibility index (Phi) is 2.75. The molecule has 1 saturated carbocycles. The van der Waals surface area contributed by atoms with Gasteiger partial charge in [0.2, 0.25) is 5.91 Å². The number of esters is 1. The predicted molar refractivity (Wildman–Crippen MR) is 53.9 cm³/mol. The highest BCUT2D eigenvalue weighted by Crippen LogP contribution is 2.43. The minimum atomic E-state index is -0.401. The predicted octanol–water partition coefficient (Wildman–Crippen LogP) is 0.488. The highest BCUT2D eigenvalue weighted by atomic mass is 16.5. The van der Waals surface area contributed by atoms with E-state index in [2.05, 4.69) is 22.2 Å². The van der Waals surface area contributed by atoms with Crippen LogP contribution in [0.2, 0.25) is 0 Å². The molecule has 0 aliphatic heterocycles. The molecule has 2 rings (SSSR count). The maximum Gasteiger partial charge on any atom is 0.325 e. The molecule has 2 aliphatic carbocycles. The second kappa shape index (κ2) is 4.04. The van der Waals surface area contributed by atoms with Crippen LogP contribution in [0.1, 0.15) is 12.8 Å². The molecule has 2 aliphatic rings. The van der Waals surface area contributed by atoms with Crippen molar-refractivity contribution in [3.05, 3.63) is 12.2 Å². The third-order valence-electron chi connectivity index (χ3n) is 3.25. The Morgan fingerprint density at radius 2 is 2.20 bits per heavy atom. The number of amides is 1. The van der Waals surface area contributed by atoms with Crippen LogP contribution in [0.5, 0.6) is 0 Å². The van der Waals surface area contributed by atoms with E-state index in [1.54, 1.807) is 0 Å². The summed E-state index contributed by atoms with van der Waals surface area (Å²) < 4.78 is 4.46. The van der Waals surface area contributed by atoms with Crippen LogP contribution in [0.25, 0.3) is 0 Å². The summed E-state index contributed by atoms with van der Waals surface area (Å²) >= 11 is 0. The number of allylic oxidation sites excluding steroid dienone is 2. The van der Waals surface area contributed by atoms with Gasteiger partial charge >= 0.3 is 5.97 Å². The van der Waals surface area contributed by atoms with Crippen molar-refractivity contribution in [2.75, 3.05) is 13.7 Å². The van der Waals surface area contributed by atoms with Crippen molar-refractivity contribution in [1.82, 2.24) is 5.32 Å². The van der Waals surface area contributed by atoms with E-state index in [4.69, 9.17) is 0 Å². The molecule has 0 aromatic rings. The molecule has 1 amide bonds. The molecule has 0 spiro atoms. The van der Waals surface area contributed by atoms with Gasteiger partial charge in [-0.05, 0) is 24.7 Å². The van der Waals surface area contributed by atoms with E-state index >= 15 is 0 Å². The van der Waals surface area contributed by atoms with Crippen molar-refractivity contribution in [3.63, 3.8) is 0 Å². The Labute approximate surface area is 88.7 Å². The first-order valence-corrected chi connectivity index (χ1v) is 5.23. The van der Waals surface area contributed by atoms with E-state index in [-0.39, 0.29) is 18.4 Å². The molecular weight excluding hydrogens is 194 g/mol. The molecule has 0 saturated heterocycles. The second-order valence-corrected chi connectivity index (χ2v) is 4.18. The van der Waals surface area contributed by atoms with Crippen LogP contribution in [0.3, 0.4) is 0 Å². The summed E-state index contributed by atoms with van der Waals surface area (Å²) in [4.78, 5) is 22.5. The zero-order valence-electron chi connectivity index (χ0n) is 8.73. The van der Waals surface area contributed by atoms with Crippen molar-refractivity contribution < 1.29 is 14.3 Å². The topological polar surface area (TPSA) is 55.4 Å². The van der Waals surface area contributed by atoms with E-state index < -0.39 is 5.97 Å². The van der Waals surface area contributed by atoms with Gasteiger partial charge in [-0.3, -0.25) is 9.59 Å². The molecule has 0 aromatic heterocycles. The summed E-state index contributed by atoms with van der Waals surface area (Å²) in [6, 6.07) is 0. The standard InChI is InChI=1S/C11H15NO3/c1-15-10(13)6-12-11(14)9-5-7-2-3-8(9)4-7/h2-3,7-9H,4-6H2,1H3,(H,12,14)/t7-,8+,9-/m1/s1. The molecule has 0 unspecified atom stereocenters. The molecule has 4 nitrogen and oxygen atoms in total. The first-order chi connectivity index (χ1) is 7.20. The molecule has 15 heavy (non-hydrogen) atoms. The Morgan fingerprint density at radius 3 is 2.73 bits per heavy atom. The average molecular weight is 209 g/mol. The van der Waals surface area contributed by atoms with Gasteiger partial charge in [-0.15, -0.1) is 0 Å². The lowest BCUT2D eigenvalue weighted by molar-refractivity contribution is -0.141. The number of fused-ring (bicyclic) bond motifs is 2. The van der Waals surface area contributed by atoms with E-state index in [1.165, 1.54) is 7.11 Å². The van der Waals surface area contributed by atoms with Crippen molar-refractivity contribution in [2.45, 2.75) is 12.8 Å². The SMILES string of the molecule is COC(=O)CNC(=O)[C@@H]1C[C@@H]2C=C[C@H]1C2. The monoisotopic (exact) mass is 209 g/mol. The summed E-state index contributed by atoms with van der Waals surface area (Å²) in [7, 11) is 1.31. The van der Waals surface area contributed by atoms with Crippen LogP contribution in [0.4, 0.5) is 0 Å².